The molecule has 1 aliphatic heterocycles. The molecule has 1 fully saturated rings. The van der Waals surface area contributed by atoms with E-state index in [0.29, 0.717) is 19.7 Å². The highest BCUT2D eigenvalue weighted by Gasteiger charge is 2.26. The molecule has 1 atom stereocenters. The second-order valence-electron chi connectivity index (χ2n) is 6.18. The van der Waals surface area contributed by atoms with Crippen LogP contribution in [0.2, 0.25) is 0 Å². The van der Waals surface area contributed by atoms with Crippen LogP contribution < -0.4 is 10.6 Å². The van der Waals surface area contributed by atoms with Crippen LogP contribution in [0.3, 0.4) is 0 Å². The van der Waals surface area contributed by atoms with Gasteiger partial charge in [0, 0.05) is 38.1 Å². The number of fused-ring (bicyclic) bond motifs is 1. The van der Waals surface area contributed by atoms with Gasteiger partial charge in [0.05, 0.1) is 12.7 Å². The largest absolute Gasteiger partial charge is 0.377 e. The van der Waals surface area contributed by atoms with Crippen molar-refractivity contribution in [3.63, 3.8) is 0 Å². The number of rotatable bonds is 6. The van der Waals surface area contributed by atoms with Crippen LogP contribution >= 0.6 is 0 Å². The number of hydrogen-bond donors (Lipinski definition) is 2. The summed E-state index contributed by atoms with van der Waals surface area (Å²) in [5.41, 5.74) is 0.816. The fourth-order valence-corrected chi connectivity index (χ4v) is 2.73. The van der Waals surface area contributed by atoms with Crippen LogP contribution in [-0.2, 0) is 4.74 Å². The van der Waals surface area contributed by atoms with Gasteiger partial charge in [-0.3, -0.25) is 0 Å². The third-order valence-electron chi connectivity index (χ3n) is 3.91. The summed E-state index contributed by atoms with van der Waals surface area (Å²) < 4.78 is 7.15. The molecule has 2 N–H and O–H groups in total. The number of amides is 2. The lowest BCUT2D eigenvalue weighted by molar-refractivity contribution is 0.0809. The standard InChI is InChI=1S/C16H24N6O2/c1-12(2)24-10-7-18-16(23)21-8-5-13(11-21)19-14-3-4-15-17-6-9-22(15)20-14/h3-4,6,9,12-13H,5,7-8,10-11H2,1-2H3,(H,18,23)(H,19,20). The Morgan fingerprint density at radius 1 is 1.46 bits per heavy atom. The Morgan fingerprint density at radius 3 is 3.17 bits per heavy atom. The molecule has 1 aliphatic rings. The van der Waals surface area contributed by atoms with E-state index in [1.54, 1.807) is 10.7 Å². The predicted octanol–water partition coefficient (Wildman–Crippen LogP) is 1.35. The average Bonchev–Trinajstić information content (AvgIpc) is 3.20. The zero-order valence-electron chi connectivity index (χ0n) is 14.1. The quantitative estimate of drug-likeness (QED) is 0.780. The summed E-state index contributed by atoms with van der Waals surface area (Å²) in [6.07, 6.45) is 4.62. The summed E-state index contributed by atoms with van der Waals surface area (Å²) in [5, 5.41) is 10.7. The van der Waals surface area contributed by atoms with Crippen molar-refractivity contribution in [2.45, 2.75) is 32.4 Å². The first-order chi connectivity index (χ1) is 11.6. The summed E-state index contributed by atoms with van der Waals surface area (Å²) in [6.45, 7) is 6.43. The molecule has 2 aromatic rings. The molecule has 0 aliphatic carbocycles. The first-order valence-electron chi connectivity index (χ1n) is 8.33. The second kappa shape index (κ2) is 7.48. The molecule has 2 aromatic heterocycles. The SMILES string of the molecule is CC(C)OCCNC(=O)N1CCC(Nc2ccc3nccn3n2)C1. The number of carbonyl (C=O) groups is 1. The number of aromatic nitrogens is 3. The van der Waals surface area contributed by atoms with Crippen LogP contribution in [0.25, 0.3) is 5.65 Å². The molecule has 0 spiro atoms. The predicted molar refractivity (Wildman–Crippen MR) is 91.1 cm³/mol. The maximum atomic E-state index is 12.1. The van der Waals surface area contributed by atoms with Gasteiger partial charge < -0.3 is 20.3 Å². The van der Waals surface area contributed by atoms with Gasteiger partial charge >= 0.3 is 6.03 Å². The van der Waals surface area contributed by atoms with Gasteiger partial charge in [0.2, 0.25) is 0 Å². The second-order valence-corrected chi connectivity index (χ2v) is 6.18. The number of likely N-dealkylation sites (tertiary alicyclic amines) is 1. The molecule has 1 unspecified atom stereocenters. The topological polar surface area (TPSA) is 83.8 Å². The highest BCUT2D eigenvalue weighted by molar-refractivity contribution is 5.74. The summed E-state index contributed by atoms with van der Waals surface area (Å²) in [4.78, 5) is 18.1. The Balaban J connectivity index is 1.45. The molecule has 3 rings (SSSR count). The van der Waals surface area contributed by atoms with Crippen LogP contribution in [-0.4, -0.2) is 63.9 Å². The van der Waals surface area contributed by atoms with Crippen LogP contribution in [0.5, 0.6) is 0 Å². The first-order valence-corrected chi connectivity index (χ1v) is 8.33. The lowest BCUT2D eigenvalue weighted by Gasteiger charge is -2.18. The van der Waals surface area contributed by atoms with Crippen molar-refractivity contribution >= 4 is 17.5 Å². The molecule has 24 heavy (non-hydrogen) atoms. The monoisotopic (exact) mass is 332 g/mol. The van der Waals surface area contributed by atoms with Crippen molar-refractivity contribution in [2.75, 3.05) is 31.6 Å². The molecule has 1 saturated heterocycles. The van der Waals surface area contributed by atoms with E-state index in [4.69, 9.17) is 4.74 Å². The van der Waals surface area contributed by atoms with E-state index < -0.39 is 0 Å². The summed E-state index contributed by atoms with van der Waals surface area (Å²) in [6, 6.07) is 4.00. The molecule has 8 nitrogen and oxygen atoms in total. The number of hydrogen-bond acceptors (Lipinski definition) is 5. The van der Waals surface area contributed by atoms with E-state index in [1.807, 2.05) is 37.1 Å². The Kier molecular flexibility index (Phi) is 5.14. The van der Waals surface area contributed by atoms with Crippen LogP contribution in [0.15, 0.2) is 24.5 Å². The van der Waals surface area contributed by atoms with E-state index in [-0.39, 0.29) is 18.2 Å². The molecule has 0 aromatic carbocycles. The van der Waals surface area contributed by atoms with Gasteiger partial charge in [-0.15, -0.1) is 5.10 Å². The van der Waals surface area contributed by atoms with E-state index >= 15 is 0 Å². The molecule has 8 heteroatoms. The van der Waals surface area contributed by atoms with Crippen LogP contribution in [0.4, 0.5) is 10.6 Å². The minimum atomic E-state index is -0.0373. The zero-order chi connectivity index (χ0) is 16.9. The molecule has 0 radical (unpaired) electrons. The van der Waals surface area contributed by atoms with Gasteiger partial charge in [-0.2, -0.15) is 0 Å². The molecular weight excluding hydrogens is 308 g/mol. The van der Waals surface area contributed by atoms with Crippen molar-refractivity contribution in [1.82, 2.24) is 24.8 Å². The van der Waals surface area contributed by atoms with E-state index in [1.165, 1.54) is 0 Å². The maximum Gasteiger partial charge on any atom is 0.317 e. The lowest BCUT2D eigenvalue weighted by atomic mass is 10.2. The highest BCUT2D eigenvalue weighted by Crippen LogP contribution is 2.14. The minimum Gasteiger partial charge on any atom is -0.377 e. The molecule has 0 bridgehead atoms. The maximum absolute atomic E-state index is 12.1. The highest BCUT2D eigenvalue weighted by atomic mass is 16.5. The Hall–Kier alpha value is -2.35. The third kappa shape index (κ3) is 4.14. The fraction of sp³-hybridized carbons (Fsp3) is 0.562. The Labute approximate surface area is 141 Å². The smallest absolute Gasteiger partial charge is 0.317 e. The zero-order valence-corrected chi connectivity index (χ0v) is 14.1. The normalized spacial score (nSPS) is 17.6. The average molecular weight is 332 g/mol. The van der Waals surface area contributed by atoms with Crippen molar-refractivity contribution in [2.24, 2.45) is 0 Å². The minimum absolute atomic E-state index is 0.0373. The number of nitrogens with zero attached hydrogens (tertiary/aromatic N) is 4. The van der Waals surface area contributed by atoms with Crippen molar-refractivity contribution in [1.29, 1.82) is 0 Å². The molecule has 2 amide bonds. The first kappa shape index (κ1) is 16.5. The molecule has 0 saturated carbocycles. The number of urea groups is 1. The number of imidazole rings is 1. The summed E-state index contributed by atoms with van der Waals surface area (Å²) in [7, 11) is 0. The third-order valence-corrected chi connectivity index (χ3v) is 3.91. The van der Waals surface area contributed by atoms with E-state index in [0.717, 1.165) is 24.4 Å². The number of anilines is 1. The van der Waals surface area contributed by atoms with E-state index in [2.05, 4.69) is 20.7 Å². The number of carbonyl (C=O) groups excluding carboxylic acids is 1. The van der Waals surface area contributed by atoms with Crippen LogP contribution in [0, 0.1) is 0 Å². The van der Waals surface area contributed by atoms with Gasteiger partial charge in [-0.25, -0.2) is 14.3 Å². The molecule has 3 heterocycles. The van der Waals surface area contributed by atoms with Crippen molar-refractivity contribution in [3.05, 3.63) is 24.5 Å². The van der Waals surface area contributed by atoms with Crippen LogP contribution in [0.1, 0.15) is 20.3 Å². The van der Waals surface area contributed by atoms with Gasteiger partial charge in [0.1, 0.15) is 5.82 Å². The van der Waals surface area contributed by atoms with Gasteiger partial charge in [0.15, 0.2) is 5.65 Å². The number of ether oxygens (including phenoxy) is 1. The fourth-order valence-electron chi connectivity index (χ4n) is 2.73. The van der Waals surface area contributed by atoms with Crippen molar-refractivity contribution in [3.8, 4) is 0 Å². The van der Waals surface area contributed by atoms with E-state index in [9.17, 15) is 4.79 Å². The van der Waals surface area contributed by atoms with Crippen molar-refractivity contribution < 1.29 is 9.53 Å². The number of nitrogens with one attached hydrogen (secondary N) is 2. The van der Waals surface area contributed by atoms with Gasteiger partial charge in [0.25, 0.3) is 0 Å². The lowest BCUT2D eigenvalue weighted by Crippen LogP contribution is -2.41. The Bertz CT molecular complexity index is 686. The van der Waals surface area contributed by atoms with Gasteiger partial charge in [-0.05, 0) is 32.4 Å². The van der Waals surface area contributed by atoms with Gasteiger partial charge in [-0.1, -0.05) is 0 Å². The Morgan fingerprint density at radius 2 is 2.33 bits per heavy atom. The molecule has 130 valence electrons. The summed E-state index contributed by atoms with van der Waals surface area (Å²) in [5.74, 6) is 0.790. The molecular formula is C16H24N6O2. The summed E-state index contributed by atoms with van der Waals surface area (Å²) >= 11 is 0.